The molecule has 0 fully saturated rings. The van der Waals surface area contributed by atoms with Crippen LogP contribution < -0.4 is 0 Å². The first-order chi connectivity index (χ1) is 10.7. The molecule has 0 unspecified atom stereocenters. The fourth-order valence-electron chi connectivity index (χ4n) is 2.51. The number of fused-ring (bicyclic) bond motifs is 1. The SMILES string of the molecule is Cc1ccc2oc(-c3ccc(C)c(-n4cnnc4)c3)nc2c1. The quantitative estimate of drug-likeness (QED) is 0.565. The molecule has 108 valence electrons. The molecule has 2 aromatic heterocycles. The summed E-state index contributed by atoms with van der Waals surface area (Å²) in [6.45, 7) is 4.10. The Morgan fingerprint density at radius 3 is 2.59 bits per heavy atom. The normalized spacial score (nSPS) is 11.2. The smallest absolute Gasteiger partial charge is 0.227 e. The number of nitrogens with zero attached hydrogens (tertiary/aromatic N) is 4. The van der Waals surface area contributed by atoms with Crippen LogP contribution in [0, 0.1) is 13.8 Å². The lowest BCUT2D eigenvalue weighted by Crippen LogP contribution is -1.94. The fraction of sp³-hybridized carbons (Fsp3) is 0.118. The van der Waals surface area contributed by atoms with Gasteiger partial charge in [0.05, 0.1) is 5.69 Å². The van der Waals surface area contributed by atoms with Crippen molar-refractivity contribution < 1.29 is 4.42 Å². The molecule has 4 aromatic rings. The minimum Gasteiger partial charge on any atom is -0.436 e. The number of aryl methyl sites for hydroxylation is 2. The van der Waals surface area contributed by atoms with E-state index in [-0.39, 0.29) is 0 Å². The van der Waals surface area contributed by atoms with Crippen LogP contribution in [0.25, 0.3) is 28.2 Å². The molecule has 5 nitrogen and oxygen atoms in total. The summed E-state index contributed by atoms with van der Waals surface area (Å²) < 4.78 is 7.75. The molecule has 0 aliphatic carbocycles. The summed E-state index contributed by atoms with van der Waals surface area (Å²) in [5.74, 6) is 0.620. The highest BCUT2D eigenvalue weighted by Gasteiger charge is 2.11. The lowest BCUT2D eigenvalue weighted by molar-refractivity contribution is 0.619. The van der Waals surface area contributed by atoms with Crippen molar-refractivity contribution in [1.29, 1.82) is 0 Å². The number of hydrogen-bond donors (Lipinski definition) is 0. The topological polar surface area (TPSA) is 56.7 Å². The Morgan fingerprint density at radius 1 is 0.955 bits per heavy atom. The summed E-state index contributed by atoms with van der Waals surface area (Å²) in [7, 11) is 0. The monoisotopic (exact) mass is 290 g/mol. The molecule has 0 spiro atoms. The van der Waals surface area contributed by atoms with Gasteiger partial charge in [-0.2, -0.15) is 0 Å². The van der Waals surface area contributed by atoms with Gasteiger partial charge in [0, 0.05) is 5.56 Å². The molecule has 4 rings (SSSR count). The molecule has 0 saturated carbocycles. The molecule has 0 bridgehead atoms. The zero-order chi connectivity index (χ0) is 15.1. The highest BCUT2D eigenvalue weighted by molar-refractivity contribution is 5.77. The molecule has 0 aliphatic rings. The number of rotatable bonds is 2. The molecule has 0 radical (unpaired) electrons. The second-order valence-corrected chi connectivity index (χ2v) is 5.36. The van der Waals surface area contributed by atoms with Crippen LogP contribution in [0.4, 0.5) is 0 Å². The average Bonchev–Trinajstić information content (AvgIpc) is 3.16. The zero-order valence-electron chi connectivity index (χ0n) is 12.3. The minimum absolute atomic E-state index is 0.620. The predicted octanol–water partition coefficient (Wildman–Crippen LogP) is 3.69. The third-order valence-electron chi connectivity index (χ3n) is 3.70. The molecule has 22 heavy (non-hydrogen) atoms. The van der Waals surface area contributed by atoms with Crippen molar-refractivity contribution in [2.75, 3.05) is 0 Å². The van der Waals surface area contributed by atoms with Crippen LogP contribution in [0.2, 0.25) is 0 Å². The third-order valence-corrected chi connectivity index (χ3v) is 3.70. The van der Waals surface area contributed by atoms with E-state index in [0.29, 0.717) is 5.89 Å². The molecule has 2 heterocycles. The van der Waals surface area contributed by atoms with Gasteiger partial charge in [0.25, 0.3) is 0 Å². The van der Waals surface area contributed by atoms with E-state index >= 15 is 0 Å². The number of aromatic nitrogens is 4. The van der Waals surface area contributed by atoms with Crippen LogP contribution in [-0.2, 0) is 0 Å². The van der Waals surface area contributed by atoms with Gasteiger partial charge in [-0.05, 0) is 49.2 Å². The second-order valence-electron chi connectivity index (χ2n) is 5.36. The highest BCUT2D eigenvalue weighted by atomic mass is 16.3. The second kappa shape index (κ2) is 4.80. The molecule has 0 amide bonds. The Kier molecular flexibility index (Phi) is 2.79. The van der Waals surface area contributed by atoms with E-state index in [1.54, 1.807) is 12.7 Å². The standard InChI is InChI=1S/C17H14N4O/c1-11-3-6-16-14(7-11)20-17(22-16)13-5-4-12(2)15(8-13)21-9-18-19-10-21/h3-10H,1-2H3. The van der Waals surface area contributed by atoms with E-state index in [9.17, 15) is 0 Å². The summed E-state index contributed by atoms with van der Waals surface area (Å²) in [4.78, 5) is 4.59. The van der Waals surface area contributed by atoms with Gasteiger partial charge in [-0.1, -0.05) is 12.1 Å². The maximum atomic E-state index is 5.87. The van der Waals surface area contributed by atoms with Gasteiger partial charge in [0.2, 0.25) is 5.89 Å². The van der Waals surface area contributed by atoms with Crippen molar-refractivity contribution in [3.05, 3.63) is 60.2 Å². The van der Waals surface area contributed by atoms with Crippen LogP contribution in [0.3, 0.4) is 0 Å². The van der Waals surface area contributed by atoms with E-state index in [4.69, 9.17) is 4.42 Å². The third kappa shape index (κ3) is 2.07. The van der Waals surface area contributed by atoms with E-state index in [0.717, 1.165) is 27.9 Å². The predicted molar refractivity (Wildman–Crippen MR) is 83.8 cm³/mol. The van der Waals surface area contributed by atoms with Crippen molar-refractivity contribution in [1.82, 2.24) is 19.7 Å². The van der Waals surface area contributed by atoms with Crippen molar-refractivity contribution in [3.8, 4) is 17.1 Å². The molecular formula is C17H14N4O. The van der Waals surface area contributed by atoms with Crippen LogP contribution in [0.15, 0.2) is 53.5 Å². The molecule has 2 aromatic carbocycles. The summed E-state index contributed by atoms with van der Waals surface area (Å²) >= 11 is 0. The van der Waals surface area contributed by atoms with Gasteiger partial charge in [0.1, 0.15) is 18.2 Å². The largest absolute Gasteiger partial charge is 0.436 e. The van der Waals surface area contributed by atoms with Gasteiger partial charge in [-0.25, -0.2) is 4.98 Å². The van der Waals surface area contributed by atoms with Gasteiger partial charge in [-0.15, -0.1) is 10.2 Å². The lowest BCUT2D eigenvalue weighted by Gasteiger charge is -2.07. The zero-order valence-corrected chi connectivity index (χ0v) is 12.3. The maximum absolute atomic E-state index is 5.87. The van der Waals surface area contributed by atoms with Crippen LogP contribution in [0.5, 0.6) is 0 Å². The Bertz CT molecular complexity index is 954. The molecule has 0 aliphatic heterocycles. The Hall–Kier alpha value is -2.95. The molecule has 0 saturated heterocycles. The maximum Gasteiger partial charge on any atom is 0.227 e. The first-order valence-corrected chi connectivity index (χ1v) is 7.04. The average molecular weight is 290 g/mol. The van der Waals surface area contributed by atoms with Crippen molar-refractivity contribution in [2.24, 2.45) is 0 Å². The number of hydrogen-bond acceptors (Lipinski definition) is 4. The molecule has 0 N–H and O–H groups in total. The van der Waals surface area contributed by atoms with Crippen LogP contribution in [-0.4, -0.2) is 19.7 Å². The minimum atomic E-state index is 0.620. The van der Waals surface area contributed by atoms with Crippen molar-refractivity contribution >= 4 is 11.1 Å². The van der Waals surface area contributed by atoms with Crippen molar-refractivity contribution in [2.45, 2.75) is 13.8 Å². The Balaban J connectivity index is 1.86. The summed E-state index contributed by atoms with van der Waals surface area (Å²) in [5.41, 5.74) is 5.93. The Labute approximate surface area is 127 Å². The number of benzene rings is 2. The molecular weight excluding hydrogens is 276 g/mol. The number of oxazole rings is 1. The van der Waals surface area contributed by atoms with Crippen LogP contribution in [0.1, 0.15) is 11.1 Å². The van der Waals surface area contributed by atoms with E-state index in [1.165, 1.54) is 5.56 Å². The first-order valence-electron chi connectivity index (χ1n) is 7.04. The molecule has 5 heteroatoms. The summed E-state index contributed by atoms with van der Waals surface area (Å²) in [6, 6.07) is 12.1. The van der Waals surface area contributed by atoms with E-state index < -0.39 is 0 Å². The van der Waals surface area contributed by atoms with Crippen LogP contribution >= 0.6 is 0 Å². The Morgan fingerprint density at radius 2 is 1.77 bits per heavy atom. The fourth-order valence-corrected chi connectivity index (χ4v) is 2.51. The first kappa shape index (κ1) is 12.8. The van der Waals surface area contributed by atoms with E-state index in [2.05, 4.69) is 22.1 Å². The molecule has 0 atom stereocenters. The van der Waals surface area contributed by atoms with Gasteiger partial charge < -0.3 is 4.42 Å². The van der Waals surface area contributed by atoms with Gasteiger partial charge in [-0.3, -0.25) is 4.57 Å². The van der Waals surface area contributed by atoms with Crippen molar-refractivity contribution in [3.63, 3.8) is 0 Å². The summed E-state index contributed by atoms with van der Waals surface area (Å²) in [6.07, 6.45) is 3.36. The van der Waals surface area contributed by atoms with Gasteiger partial charge in [0.15, 0.2) is 5.58 Å². The summed E-state index contributed by atoms with van der Waals surface area (Å²) in [5, 5.41) is 7.72. The van der Waals surface area contributed by atoms with Gasteiger partial charge >= 0.3 is 0 Å². The highest BCUT2D eigenvalue weighted by Crippen LogP contribution is 2.27. The van der Waals surface area contributed by atoms with E-state index in [1.807, 2.05) is 47.9 Å². The lowest BCUT2D eigenvalue weighted by atomic mass is 10.1.